The van der Waals surface area contributed by atoms with Crippen molar-refractivity contribution in [3.63, 3.8) is 0 Å². The second-order valence-electron chi connectivity index (χ2n) is 3.92. The topological polar surface area (TPSA) is 26.3 Å². The molecular weight excluding hydrogens is 176 g/mol. The normalized spacial score (nSPS) is 16.2. The molecule has 0 radical (unpaired) electrons. The lowest BCUT2D eigenvalue weighted by molar-refractivity contribution is -0.128. The Balaban J connectivity index is 2.30. The summed E-state index contributed by atoms with van der Waals surface area (Å²) in [5, 5.41) is 0. The molecule has 0 aromatic heterocycles. The Labute approximate surface area is 85.6 Å². The molecule has 2 heteroatoms. The van der Waals surface area contributed by atoms with Gasteiger partial charge in [-0.2, -0.15) is 0 Å². The highest BCUT2D eigenvalue weighted by atomic mass is 16.5. The number of carbonyl (C=O) groups is 1. The number of allylic oxidation sites excluding steroid dienone is 3. The summed E-state index contributed by atoms with van der Waals surface area (Å²) in [6.45, 7) is 5.47. The van der Waals surface area contributed by atoms with Gasteiger partial charge in [0.1, 0.15) is 0 Å². The van der Waals surface area contributed by atoms with Crippen molar-refractivity contribution in [1.82, 2.24) is 0 Å². The second kappa shape index (κ2) is 5.63. The van der Waals surface area contributed by atoms with Crippen molar-refractivity contribution in [1.29, 1.82) is 0 Å². The molecule has 0 N–H and O–H groups in total. The van der Waals surface area contributed by atoms with Gasteiger partial charge in [0.15, 0.2) is 0 Å². The Bertz CT molecular complexity index is 249. The highest BCUT2D eigenvalue weighted by Crippen LogP contribution is 2.24. The minimum absolute atomic E-state index is 0.513. The fourth-order valence-corrected chi connectivity index (χ4v) is 1.60. The van der Waals surface area contributed by atoms with Crippen LogP contribution in [0.1, 0.15) is 33.1 Å². The molecule has 0 fully saturated rings. The summed E-state index contributed by atoms with van der Waals surface area (Å²) in [4.78, 5) is 9.93. The molecule has 2 nitrogen and oxygen atoms in total. The number of ether oxygens (including phenoxy) is 1. The molecule has 0 bridgehead atoms. The van der Waals surface area contributed by atoms with E-state index < -0.39 is 0 Å². The van der Waals surface area contributed by atoms with Crippen LogP contribution in [0.5, 0.6) is 0 Å². The highest BCUT2D eigenvalue weighted by Gasteiger charge is 2.07. The largest absolute Gasteiger partial charge is 0.468 e. The maximum atomic E-state index is 9.93. The maximum absolute atomic E-state index is 9.93. The first kappa shape index (κ1) is 11.0. The molecule has 0 aromatic rings. The minimum Gasteiger partial charge on any atom is -0.468 e. The molecule has 0 saturated heterocycles. The Morgan fingerprint density at radius 2 is 2.21 bits per heavy atom. The van der Waals surface area contributed by atoms with Crippen LogP contribution in [-0.2, 0) is 9.53 Å². The van der Waals surface area contributed by atoms with E-state index in [0.29, 0.717) is 19.0 Å². The van der Waals surface area contributed by atoms with E-state index in [9.17, 15) is 4.79 Å². The van der Waals surface area contributed by atoms with Gasteiger partial charge in [-0.15, -0.1) is 0 Å². The van der Waals surface area contributed by atoms with Crippen molar-refractivity contribution in [3.8, 4) is 0 Å². The van der Waals surface area contributed by atoms with Gasteiger partial charge in [-0.05, 0) is 18.8 Å². The molecule has 0 aliphatic heterocycles. The van der Waals surface area contributed by atoms with Gasteiger partial charge in [0.2, 0.25) is 0 Å². The summed E-state index contributed by atoms with van der Waals surface area (Å²) < 4.78 is 4.67. The van der Waals surface area contributed by atoms with Crippen LogP contribution in [0.15, 0.2) is 23.3 Å². The first-order valence-corrected chi connectivity index (χ1v) is 5.16. The van der Waals surface area contributed by atoms with Gasteiger partial charge in [-0.1, -0.05) is 37.1 Å². The van der Waals surface area contributed by atoms with Gasteiger partial charge in [0.05, 0.1) is 6.61 Å². The molecule has 0 aromatic carbocycles. The van der Waals surface area contributed by atoms with Gasteiger partial charge in [0.25, 0.3) is 6.47 Å². The molecule has 78 valence electrons. The van der Waals surface area contributed by atoms with E-state index in [1.807, 2.05) is 0 Å². The number of hydrogen-bond donors (Lipinski definition) is 0. The third kappa shape index (κ3) is 3.36. The molecule has 0 spiro atoms. The monoisotopic (exact) mass is 194 g/mol. The number of hydrogen-bond acceptors (Lipinski definition) is 2. The van der Waals surface area contributed by atoms with Crippen LogP contribution in [-0.4, -0.2) is 13.1 Å². The van der Waals surface area contributed by atoms with Crippen molar-refractivity contribution in [2.24, 2.45) is 5.92 Å². The first-order chi connectivity index (χ1) is 6.74. The van der Waals surface area contributed by atoms with E-state index in [0.717, 1.165) is 19.3 Å². The molecule has 0 atom stereocenters. The molecule has 1 aliphatic rings. The summed E-state index contributed by atoms with van der Waals surface area (Å²) in [5.41, 5.74) is 2.90. The Morgan fingerprint density at radius 1 is 1.43 bits per heavy atom. The fraction of sp³-hybridized carbons (Fsp3) is 0.583. The summed E-state index contributed by atoms with van der Waals surface area (Å²) in [6, 6.07) is 0. The van der Waals surface area contributed by atoms with Crippen LogP contribution >= 0.6 is 0 Å². The van der Waals surface area contributed by atoms with Crippen molar-refractivity contribution < 1.29 is 9.53 Å². The van der Waals surface area contributed by atoms with Crippen LogP contribution in [0.3, 0.4) is 0 Å². The van der Waals surface area contributed by atoms with Crippen LogP contribution in [0, 0.1) is 5.92 Å². The number of carbonyl (C=O) groups excluding carboxylic acids is 1. The Morgan fingerprint density at radius 3 is 2.71 bits per heavy atom. The predicted molar refractivity (Wildman–Crippen MR) is 56.9 cm³/mol. The van der Waals surface area contributed by atoms with Gasteiger partial charge in [-0.25, -0.2) is 0 Å². The molecule has 0 saturated carbocycles. The fourth-order valence-electron chi connectivity index (χ4n) is 1.60. The smallest absolute Gasteiger partial charge is 0.293 e. The van der Waals surface area contributed by atoms with Crippen LogP contribution in [0.25, 0.3) is 0 Å². The van der Waals surface area contributed by atoms with E-state index in [1.165, 1.54) is 11.1 Å². The molecule has 0 unspecified atom stereocenters. The third-order valence-corrected chi connectivity index (χ3v) is 2.60. The Kier molecular flexibility index (Phi) is 4.44. The summed E-state index contributed by atoms with van der Waals surface area (Å²) in [5.74, 6) is 0.652. The van der Waals surface area contributed by atoms with E-state index in [-0.39, 0.29) is 0 Å². The molecule has 1 rings (SSSR count). The summed E-state index contributed by atoms with van der Waals surface area (Å²) >= 11 is 0. The van der Waals surface area contributed by atoms with E-state index in [2.05, 4.69) is 30.7 Å². The number of rotatable bonds is 5. The van der Waals surface area contributed by atoms with Gasteiger partial charge < -0.3 is 4.74 Å². The van der Waals surface area contributed by atoms with Crippen molar-refractivity contribution in [2.45, 2.75) is 33.1 Å². The standard InChI is InChI=1S/C12H18O2/c1-10(2)12-5-3-11(4-6-12)7-8-14-9-13/h3,6,9-10H,4-5,7-8H2,1-2H3. The maximum Gasteiger partial charge on any atom is 0.293 e. The molecule has 0 amide bonds. The summed E-state index contributed by atoms with van der Waals surface area (Å²) in [7, 11) is 0. The predicted octanol–water partition coefficient (Wildman–Crippen LogP) is 2.85. The third-order valence-electron chi connectivity index (χ3n) is 2.60. The van der Waals surface area contributed by atoms with Crippen molar-refractivity contribution >= 4 is 6.47 Å². The average molecular weight is 194 g/mol. The quantitative estimate of drug-likeness (QED) is 0.382. The minimum atomic E-state index is 0.513. The zero-order valence-corrected chi connectivity index (χ0v) is 8.95. The van der Waals surface area contributed by atoms with E-state index in [4.69, 9.17) is 0 Å². The zero-order chi connectivity index (χ0) is 10.4. The van der Waals surface area contributed by atoms with Gasteiger partial charge in [-0.3, -0.25) is 4.79 Å². The lowest BCUT2D eigenvalue weighted by atomic mass is 9.91. The lowest BCUT2D eigenvalue weighted by Crippen LogP contribution is -2.01. The van der Waals surface area contributed by atoms with Crippen LogP contribution in [0.2, 0.25) is 0 Å². The average Bonchev–Trinajstić information content (AvgIpc) is 2.19. The molecule has 1 aliphatic carbocycles. The first-order valence-electron chi connectivity index (χ1n) is 5.16. The Hall–Kier alpha value is -1.05. The molecule has 14 heavy (non-hydrogen) atoms. The molecular formula is C12H18O2. The van der Waals surface area contributed by atoms with E-state index >= 15 is 0 Å². The lowest BCUT2D eigenvalue weighted by Gasteiger charge is -2.16. The second-order valence-corrected chi connectivity index (χ2v) is 3.92. The van der Waals surface area contributed by atoms with Crippen molar-refractivity contribution in [3.05, 3.63) is 23.3 Å². The highest BCUT2D eigenvalue weighted by molar-refractivity contribution is 5.37. The van der Waals surface area contributed by atoms with Gasteiger partial charge >= 0.3 is 0 Å². The van der Waals surface area contributed by atoms with Crippen LogP contribution < -0.4 is 0 Å². The molecule has 0 heterocycles. The van der Waals surface area contributed by atoms with E-state index in [1.54, 1.807) is 0 Å². The van der Waals surface area contributed by atoms with Crippen LogP contribution in [0.4, 0.5) is 0 Å². The zero-order valence-electron chi connectivity index (χ0n) is 8.95. The van der Waals surface area contributed by atoms with Gasteiger partial charge in [0, 0.05) is 6.42 Å². The van der Waals surface area contributed by atoms with Crippen molar-refractivity contribution in [2.75, 3.05) is 6.61 Å². The SMILES string of the molecule is CC(C)C1=CCC(CCOC=O)=CC1. The summed E-state index contributed by atoms with van der Waals surface area (Å²) in [6.07, 6.45) is 7.54.